The summed E-state index contributed by atoms with van der Waals surface area (Å²) in [5.74, 6) is 0.452. The van der Waals surface area contributed by atoms with E-state index in [1.54, 1.807) is 6.20 Å². The third-order valence-corrected chi connectivity index (χ3v) is 4.97. The van der Waals surface area contributed by atoms with Gasteiger partial charge in [-0.25, -0.2) is 4.98 Å². The summed E-state index contributed by atoms with van der Waals surface area (Å²) in [5, 5.41) is 3.71. The lowest BCUT2D eigenvalue weighted by Crippen LogP contribution is -2.07. The van der Waals surface area contributed by atoms with Gasteiger partial charge in [-0.3, -0.25) is 9.20 Å². The second kappa shape index (κ2) is 4.54. The number of hydrogen-bond acceptors (Lipinski definition) is 2. The highest BCUT2D eigenvalue weighted by Gasteiger charge is 2.17. The van der Waals surface area contributed by atoms with Crippen molar-refractivity contribution >= 4 is 38.2 Å². The fraction of sp³-hybridized carbons (Fsp3) is 0.143. The minimum Gasteiger partial charge on any atom is -0.292 e. The topological polar surface area (TPSA) is 34.4 Å². The zero-order chi connectivity index (χ0) is 16.4. The van der Waals surface area contributed by atoms with E-state index in [1.165, 1.54) is 10.9 Å². The molecule has 3 heteroatoms. The molecule has 0 aliphatic carbocycles. The molecule has 0 aliphatic rings. The van der Waals surface area contributed by atoms with Gasteiger partial charge in [-0.05, 0) is 35.7 Å². The van der Waals surface area contributed by atoms with Crippen LogP contribution in [0.25, 0.3) is 38.2 Å². The van der Waals surface area contributed by atoms with Crippen LogP contribution in [-0.2, 0) is 0 Å². The Morgan fingerprint density at radius 2 is 1.71 bits per heavy atom. The van der Waals surface area contributed by atoms with Gasteiger partial charge in [-0.1, -0.05) is 38.1 Å². The Balaban J connectivity index is 2.19. The number of benzene rings is 2. The van der Waals surface area contributed by atoms with E-state index in [4.69, 9.17) is 0 Å². The Morgan fingerprint density at radius 3 is 2.54 bits per heavy atom. The number of pyridine rings is 2. The van der Waals surface area contributed by atoms with Gasteiger partial charge in [0.1, 0.15) is 5.65 Å². The highest BCUT2D eigenvalue weighted by Crippen LogP contribution is 2.34. The lowest BCUT2D eigenvalue weighted by Gasteiger charge is -2.07. The molecule has 24 heavy (non-hydrogen) atoms. The molecule has 0 atom stereocenters. The van der Waals surface area contributed by atoms with E-state index in [1.807, 2.05) is 24.3 Å². The highest BCUT2D eigenvalue weighted by atomic mass is 16.1. The van der Waals surface area contributed by atoms with Crippen molar-refractivity contribution in [2.75, 3.05) is 0 Å². The monoisotopic (exact) mass is 312 g/mol. The summed E-state index contributed by atoms with van der Waals surface area (Å²) >= 11 is 0. The normalized spacial score (nSPS) is 12.3. The lowest BCUT2D eigenvalue weighted by molar-refractivity contribution is 0.868. The molecule has 0 bridgehead atoms. The maximum absolute atomic E-state index is 12.9. The second-order valence-corrected chi connectivity index (χ2v) is 6.67. The first kappa shape index (κ1) is 13.5. The highest BCUT2D eigenvalue weighted by molar-refractivity contribution is 6.16. The summed E-state index contributed by atoms with van der Waals surface area (Å²) in [4.78, 5) is 17.4. The standard InChI is InChI=1S/C21H16N2O/c1-12(2)13-8-9-14-15-5-3-6-16-19(15)23(18(14)11-13)21-17(20(16)24)7-4-10-22-21/h3-12H,1-2H3. The average molecular weight is 312 g/mol. The number of nitrogens with zero attached hydrogens (tertiary/aromatic N) is 2. The largest absolute Gasteiger partial charge is 0.292 e. The molecule has 0 spiro atoms. The molecule has 116 valence electrons. The first-order valence-corrected chi connectivity index (χ1v) is 8.24. The number of fused-ring (bicyclic) bond motifs is 5. The number of para-hydroxylation sites is 1. The Morgan fingerprint density at radius 1 is 0.917 bits per heavy atom. The average Bonchev–Trinajstić information content (AvgIpc) is 2.94. The van der Waals surface area contributed by atoms with E-state index < -0.39 is 0 Å². The molecule has 0 radical (unpaired) electrons. The van der Waals surface area contributed by atoms with E-state index >= 15 is 0 Å². The number of hydrogen-bond donors (Lipinski definition) is 0. The van der Waals surface area contributed by atoms with Crippen molar-refractivity contribution < 1.29 is 0 Å². The maximum Gasteiger partial charge on any atom is 0.198 e. The summed E-state index contributed by atoms with van der Waals surface area (Å²) in [6.45, 7) is 4.39. The molecule has 3 aromatic heterocycles. The van der Waals surface area contributed by atoms with Crippen molar-refractivity contribution in [1.29, 1.82) is 0 Å². The molecule has 3 heterocycles. The molecule has 0 N–H and O–H groups in total. The van der Waals surface area contributed by atoms with Crippen molar-refractivity contribution in [3.8, 4) is 0 Å². The molecule has 5 rings (SSSR count). The Hall–Kier alpha value is -2.94. The van der Waals surface area contributed by atoms with Gasteiger partial charge >= 0.3 is 0 Å². The van der Waals surface area contributed by atoms with Gasteiger partial charge in [0.25, 0.3) is 0 Å². The van der Waals surface area contributed by atoms with Crippen LogP contribution < -0.4 is 5.43 Å². The summed E-state index contributed by atoms with van der Waals surface area (Å²) in [5.41, 5.74) is 4.18. The molecule has 0 saturated heterocycles. The first-order valence-electron chi connectivity index (χ1n) is 8.24. The van der Waals surface area contributed by atoms with Gasteiger partial charge in [0.05, 0.1) is 16.4 Å². The van der Waals surface area contributed by atoms with Crippen molar-refractivity contribution in [3.05, 3.63) is 70.5 Å². The van der Waals surface area contributed by atoms with Crippen molar-refractivity contribution in [3.63, 3.8) is 0 Å². The molecule has 2 aromatic carbocycles. The van der Waals surface area contributed by atoms with Gasteiger partial charge in [0.15, 0.2) is 5.43 Å². The lowest BCUT2D eigenvalue weighted by atomic mass is 10.0. The summed E-state index contributed by atoms with van der Waals surface area (Å²) in [6.07, 6.45) is 1.75. The molecule has 0 saturated carbocycles. The van der Waals surface area contributed by atoms with Crippen LogP contribution in [0.15, 0.2) is 59.5 Å². The number of rotatable bonds is 1. The zero-order valence-corrected chi connectivity index (χ0v) is 13.6. The van der Waals surface area contributed by atoms with Gasteiger partial charge in [-0.2, -0.15) is 0 Å². The Bertz CT molecular complexity index is 1300. The van der Waals surface area contributed by atoms with Gasteiger partial charge < -0.3 is 0 Å². The van der Waals surface area contributed by atoms with Crippen LogP contribution >= 0.6 is 0 Å². The molecule has 0 fully saturated rings. The summed E-state index contributed by atoms with van der Waals surface area (Å²) < 4.78 is 2.16. The molecule has 3 nitrogen and oxygen atoms in total. The summed E-state index contributed by atoms with van der Waals surface area (Å²) in [6, 6.07) is 16.3. The van der Waals surface area contributed by atoms with E-state index in [9.17, 15) is 4.79 Å². The minimum absolute atomic E-state index is 0.0584. The van der Waals surface area contributed by atoms with E-state index in [2.05, 4.69) is 47.5 Å². The number of aromatic nitrogens is 2. The molecule has 0 aliphatic heterocycles. The molecule has 5 aromatic rings. The molecular weight excluding hydrogens is 296 g/mol. The van der Waals surface area contributed by atoms with Crippen LogP contribution in [0.5, 0.6) is 0 Å². The molecule has 0 amide bonds. The van der Waals surface area contributed by atoms with E-state index in [0.29, 0.717) is 11.3 Å². The predicted octanol–water partition coefficient (Wildman–Crippen LogP) is 4.72. The van der Waals surface area contributed by atoms with E-state index in [0.717, 1.165) is 27.5 Å². The first-order chi connectivity index (χ1) is 11.7. The maximum atomic E-state index is 12.9. The van der Waals surface area contributed by atoms with Gasteiger partial charge in [-0.15, -0.1) is 0 Å². The fourth-order valence-corrected chi connectivity index (χ4v) is 3.74. The quantitative estimate of drug-likeness (QED) is 0.420. The predicted molar refractivity (Wildman–Crippen MR) is 99.3 cm³/mol. The van der Waals surface area contributed by atoms with Crippen LogP contribution in [0.2, 0.25) is 0 Å². The van der Waals surface area contributed by atoms with Crippen molar-refractivity contribution in [2.24, 2.45) is 0 Å². The van der Waals surface area contributed by atoms with Crippen LogP contribution in [0, 0.1) is 0 Å². The zero-order valence-electron chi connectivity index (χ0n) is 13.6. The Labute approximate surface area is 138 Å². The molecule has 0 unspecified atom stereocenters. The van der Waals surface area contributed by atoms with Crippen LogP contribution in [-0.4, -0.2) is 9.38 Å². The minimum atomic E-state index is 0.0584. The van der Waals surface area contributed by atoms with Crippen LogP contribution in [0.4, 0.5) is 0 Å². The van der Waals surface area contributed by atoms with Crippen molar-refractivity contribution in [1.82, 2.24) is 9.38 Å². The van der Waals surface area contributed by atoms with Gasteiger partial charge in [0, 0.05) is 22.4 Å². The van der Waals surface area contributed by atoms with Crippen LogP contribution in [0.1, 0.15) is 25.3 Å². The SMILES string of the molecule is CC(C)c1ccc2c3cccc4c(=O)c5cccnc5n(c2c1)c43. The van der Waals surface area contributed by atoms with Crippen molar-refractivity contribution in [2.45, 2.75) is 19.8 Å². The third-order valence-electron chi connectivity index (χ3n) is 4.97. The van der Waals surface area contributed by atoms with Crippen LogP contribution in [0.3, 0.4) is 0 Å². The molecular formula is C21H16N2O. The third kappa shape index (κ3) is 1.56. The van der Waals surface area contributed by atoms with E-state index in [-0.39, 0.29) is 5.43 Å². The smallest absolute Gasteiger partial charge is 0.198 e. The second-order valence-electron chi connectivity index (χ2n) is 6.67. The fourth-order valence-electron chi connectivity index (χ4n) is 3.74. The Kier molecular flexibility index (Phi) is 2.55. The summed E-state index contributed by atoms with van der Waals surface area (Å²) in [7, 11) is 0. The van der Waals surface area contributed by atoms with Gasteiger partial charge in [0.2, 0.25) is 0 Å².